The van der Waals surface area contributed by atoms with Crippen molar-refractivity contribution in [2.24, 2.45) is 0 Å². The van der Waals surface area contributed by atoms with Crippen molar-refractivity contribution < 1.29 is 0 Å². The van der Waals surface area contributed by atoms with Gasteiger partial charge in [-0.3, -0.25) is 9.97 Å². The third-order valence-corrected chi connectivity index (χ3v) is 12.2. The van der Waals surface area contributed by atoms with Crippen molar-refractivity contribution in [2.45, 2.75) is 10.8 Å². The summed E-state index contributed by atoms with van der Waals surface area (Å²) in [5.41, 5.74) is 19.2. The van der Waals surface area contributed by atoms with Gasteiger partial charge in [-0.1, -0.05) is 152 Å². The number of benzene rings is 7. The van der Waals surface area contributed by atoms with Crippen molar-refractivity contribution in [3.05, 3.63) is 227 Å². The molecule has 2 spiro atoms. The van der Waals surface area contributed by atoms with Crippen LogP contribution >= 0.6 is 0 Å². The molecule has 2 aromatic heterocycles. The lowest BCUT2D eigenvalue weighted by atomic mass is 9.52. The molecule has 0 unspecified atom stereocenters. The van der Waals surface area contributed by atoms with Gasteiger partial charge in [-0.2, -0.15) is 0 Å². The van der Waals surface area contributed by atoms with Crippen LogP contribution in [0.25, 0.3) is 55.2 Å². The molecule has 12 rings (SSSR count). The Labute approximate surface area is 301 Å². The van der Waals surface area contributed by atoms with Crippen molar-refractivity contribution in [1.82, 2.24) is 9.97 Å². The number of pyridine rings is 2. The first kappa shape index (κ1) is 28.1. The predicted molar refractivity (Wildman–Crippen MR) is 211 cm³/mol. The summed E-state index contributed by atoms with van der Waals surface area (Å²) in [4.78, 5) is 9.64. The lowest BCUT2D eigenvalue weighted by Crippen LogP contribution is -2.43. The van der Waals surface area contributed by atoms with Gasteiger partial charge in [0.15, 0.2) is 0 Å². The van der Waals surface area contributed by atoms with Gasteiger partial charge in [0.25, 0.3) is 0 Å². The van der Waals surface area contributed by atoms with Gasteiger partial charge in [0.05, 0.1) is 21.9 Å². The van der Waals surface area contributed by atoms with Gasteiger partial charge in [0.2, 0.25) is 0 Å². The van der Waals surface area contributed by atoms with Crippen LogP contribution in [0.3, 0.4) is 0 Å². The topological polar surface area (TPSA) is 25.8 Å². The van der Waals surface area contributed by atoms with Gasteiger partial charge in [-0.05, 0) is 90.5 Å². The van der Waals surface area contributed by atoms with Crippen LogP contribution in [-0.4, -0.2) is 9.97 Å². The zero-order chi connectivity index (χ0) is 34.0. The van der Waals surface area contributed by atoms with Crippen LogP contribution in [0.2, 0.25) is 0 Å². The molecule has 0 atom stereocenters. The Morgan fingerprint density at radius 3 is 1.35 bits per heavy atom. The normalized spacial score (nSPS) is 14.8. The van der Waals surface area contributed by atoms with Gasteiger partial charge in [-0.25, -0.2) is 0 Å². The number of aromatic nitrogens is 2. The number of hydrogen-bond donors (Lipinski definition) is 0. The Bertz CT molecular complexity index is 2890. The third-order valence-electron chi connectivity index (χ3n) is 12.2. The van der Waals surface area contributed by atoms with E-state index in [-0.39, 0.29) is 0 Å². The van der Waals surface area contributed by atoms with Crippen molar-refractivity contribution in [3.8, 4) is 33.4 Å². The van der Waals surface area contributed by atoms with E-state index in [0.29, 0.717) is 0 Å². The number of rotatable bonds is 1. The zero-order valence-electron chi connectivity index (χ0n) is 28.2. The molecular formula is C50H30N2. The van der Waals surface area contributed by atoms with E-state index in [1.54, 1.807) is 0 Å². The molecule has 2 heterocycles. The monoisotopic (exact) mass is 658 g/mol. The third kappa shape index (κ3) is 3.27. The quantitative estimate of drug-likeness (QED) is 0.164. The fourth-order valence-electron chi connectivity index (χ4n) is 10.3. The Morgan fingerprint density at radius 1 is 0.308 bits per heavy atom. The van der Waals surface area contributed by atoms with E-state index in [0.717, 1.165) is 32.9 Å². The van der Waals surface area contributed by atoms with Gasteiger partial charge < -0.3 is 0 Å². The number of fused-ring (bicyclic) bond motifs is 19. The van der Waals surface area contributed by atoms with Gasteiger partial charge in [-0.15, -0.1) is 0 Å². The van der Waals surface area contributed by atoms with E-state index in [1.165, 1.54) is 66.8 Å². The van der Waals surface area contributed by atoms with Crippen LogP contribution in [0.4, 0.5) is 0 Å². The van der Waals surface area contributed by atoms with E-state index in [4.69, 9.17) is 4.98 Å². The van der Waals surface area contributed by atoms with Crippen molar-refractivity contribution in [2.75, 3.05) is 0 Å². The second-order valence-corrected chi connectivity index (χ2v) is 14.4. The minimum absolute atomic E-state index is 0.431. The number of hydrogen-bond acceptors (Lipinski definition) is 2. The highest BCUT2D eigenvalue weighted by molar-refractivity contribution is 6.04. The van der Waals surface area contributed by atoms with E-state index in [2.05, 4.69) is 169 Å². The van der Waals surface area contributed by atoms with Crippen LogP contribution in [-0.2, 0) is 10.8 Å². The molecule has 3 aliphatic carbocycles. The minimum Gasteiger partial charge on any atom is -0.254 e. The summed E-state index contributed by atoms with van der Waals surface area (Å²) in [5, 5.41) is 2.20. The standard InChI is InChI=1S/C50H30N2/c1-4-16-39-35(13-1)36-14-2-5-17-40(36)49(39)43-19-7-9-21-45(43)50(46-22-10-8-20-44(46)49)41-18-6-3-15-37(41)38-29-32(25-26-42(38)50)34-28-33-24-23-31-12-11-27-51-47(31)48(33)52-30-34/h1-30H. The lowest BCUT2D eigenvalue weighted by Gasteiger charge is -2.48. The van der Waals surface area contributed by atoms with Gasteiger partial charge in [0.1, 0.15) is 0 Å². The molecule has 52 heavy (non-hydrogen) atoms. The summed E-state index contributed by atoms with van der Waals surface area (Å²) in [6.45, 7) is 0. The van der Waals surface area contributed by atoms with Crippen LogP contribution in [0, 0.1) is 0 Å². The molecule has 9 aromatic rings. The first-order valence-electron chi connectivity index (χ1n) is 18.1. The Balaban J connectivity index is 1.15. The molecule has 7 aromatic carbocycles. The van der Waals surface area contributed by atoms with E-state index in [9.17, 15) is 0 Å². The molecule has 0 bridgehead atoms. The molecule has 0 aliphatic heterocycles. The van der Waals surface area contributed by atoms with Crippen LogP contribution in [0.1, 0.15) is 44.5 Å². The highest BCUT2D eigenvalue weighted by Crippen LogP contribution is 2.67. The molecule has 0 amide bonds. The fraction of sp³-hybridized carbons (Fsp3) is 0.0400. The van der Waals surface area contributed by atoms with E-state index >= 15 is 0 Å². The molecule has 2 nitrogen and oxygen atoms in total. The molecule has 0 saturated heterocycles. The molecular weight excluding hydrogens is 629 g/mol. The molecule has 0 saturated carbocycles. The minimum atomic E-state index is -0.485. The summed E-state index contributed by atoms with van der Waals surface area (Å²) in [6.07, 6.45) is 3.86. The largest absolute Gasteiger partial charge is 0.254 e. The van der Waals surface area contributed by atoms with E-state index in [1.807, 2.05) is 18.5 Å². The Hall–Kier alpha value is -6.64. The van der Waals surface area contributed by atoms with Crippen molar-refractivity contribution in [1.29, 1.82) is 0 Å². The summed E-state index contributed by atoms with van der Waals surface area (Å²) < 4.78 is 0. The lowest BCUT2D eigenvalue weighted by molar-refractivity contribution is 0.633. The maximum atomic E-state index is 4.98. The van der Waals surface area contributed by atoms with Crippen LogP contribution in [0.15, 0.2) is 182 Å². The highest BCUT2D eigenvalue weighted by atomic mass is 14.7. The summed E-state index contributed by atoms with van der Waals surface area (Å²) in [7, 11) is 0. The SMILES string of the molecule is c1ccc2c(c1)-c1ccccc1C21c2ccccc2C2(c3ccccc3-c3cc(-c4cnc5c(ccc6cccnc65)c4)ccc32)c2ccccc21. The average molecular weight is 659 g/mol. The fourth-order valence-corrected chi connectivity index (χ4v) is 10.3. The Morgan fingerprint density at radius 2 is 0.769 bits per heavy atom. The first-order chi connectivity index (χ1) is 25.8. The summed E-state index contributed by atoms with van der Waals surface area (Å²) in [5.74, 6) is 0. The molecule has 0 radical (unpaired) electrons. The first-order valence-corrected chi connectivity index (χ1v) is 18.1. The average Bonchev–Trinajstić information content (AvgIpc) is 3.68. The van der Waals surface area contributed by atoms with Crippen molar-refractivity contribution >= 4 is 21.8 Å². The van der Waals surface area contributed by atoms with Gasteiger partial charge >= 0.3 is 0 Å². The highest BCUT2D eigenvalue weighted by Gasteiger charge is 2.58. The van der Waals surface area contributed by atoms with E-state index < -0.39 is 10.8 Å². The smallest absolute Gasteiger partial charge is 0.0964 e. The molecule has 0 fully saturated rings. The molecule has 240 valence electrons. The van der Waals surface area contributed by atoms with Crippen LogP contribution < -0.4 is 0 Å². The number of nitrogens with zero attached hydrogens (tertiary/aromatic N) is 2. The Kier molecular flexibility index (Phi) is 5.40. The maximum Gasteiger partial charge on any atom is 0.0964 e. The molecule has 2 heteroatoms. The van der Waals surface area contributed by atoms with Gasteiger partial charge in [0, 0.05) is 28.7 Å². The summed E-state index contributed by atoms with van der Waals surface area (Å²) in [6, 6.07) is 63.6. The zero-order valence-corrected chi connectivity index (χ0v) is 28.2. The second kappa shape index (κ2) is 9.99. The summed E-state index contributed by atoms with van der Waals surface area (Å²) >= 11 is 0. The maximum absolute atomic E-state index is 4.98. The second-order valence-electron chi connectivity index (χ2n) is 14.4. The van der Waals surface area contributed by atoms with Crippen molar-refractivity contribution in [3.63, 3.8) is 0 Å². The predicted octanol–water partition coefficient (Wildman–Crippen LogP) is 11.5. The van der Waals surface area contributed by atoms with Crippen LogP contribution in [0.5, 0.6) is 0 Å². The molecule has 3 aliphatic rings. The molecule has 0 N–H and O–H groups in total.